The third kappa shape index (κ3) is 1.59. The molecule has 0 saturated carbocycles. The second kappa shape index (κ2) is 3.03. The first-order chi connectivity index (χ1) is 5.15. The van der Waals surface area contributed by atoms with E-state index in [2.05, 4.69) is 5.10 Å². The molecule has 0 aromatic heterocycles. The van der Waals surface area contributed by atoms with Crippen molar-refractivity contribution in [3.05, 3.63) is 0 Å². The molecule has 3 nitrogen and oxygen atoms in total. The fraction of sp³-hybridized carbons (Fsp3) is 0.750. The SMILES string of the molecule is CCC1CC(C)=NN(C)C1=O. The van der Waals surface area contributed by atoms with Crippen LogP contribution < -0.4 is 0 Å². The summed E-state index contributed by atoms with van der Waals surface area (Å²) in [7, 11) is 1.72. The third-order valence-corrected chi connectivity index (χ3v) is 2.02. The highest BCUT2D eigenvalue weighted by Gasteiger charge is 2.24. The Morgan fingerprint density at radius 3 is 2.91 bits per heavy atom. The first-order valence-corrected chi connectivity index (χ1v) is 3.96. The number of nitrogens with zero attached hydrogens (tertiary/aromatic N) is 2. The van der Waals surface area contributed by atoms with Crippen LogP contribution >= 0.6 is 0 Å². The number of carbonyl (C=O) groups is 1. The number of hydrogen-bond donors (Lipinski definition) is 0. The Balaban J connectivity index is 2.76. The molecule has 0 aromatic carbocycles. The Morgan fingerprint density at radius 1 is 1.73 bits per heavy atom. The van der Waals surface area contributed by atoms with Gasteiger partial charge in [0.2, 0.25) is 5.91 Å². The van der Waals surface area contributed by atoms with Crippen molar-refractivity contribution in [3.8, 4) is 0 Å². The van der Waals surface area contributed by atoms with Gasteiger partial charge in [-0.2, -0.15) is 5.10 Å². The zero-order valence-corrected chi connectivity index (χ0v) is 7.29. The van der Waals surface area contributed by atoms with Crippen LogP contribution in [0.2, 0.25) is 0 Å². The van der Waals surface area contributed by atoms with Gasteiger partial charge in [-0.3, -0.25) is 4.79 Å². The lowest BCUT2D eigenvalue weighted by molar-refractivity contribution is -0.134. The van der Waals surface area contributed by atoms with E-state index < -0.39 is 0 Å². The molecule has 0 aromatic rings. The van der Waals surface area contributed by atoms with Gasteiger partial charge in [0, 0.05) is 18.7 Å². The fourth-order valence-electron chi connectivity index (χ4n) is 1.37. The fourth-order valence-corrected chi connectivity index (χ4v) is 1.37. The van der Waals surface area contributed by atoms with Crippen LogP contribution in [0.3, 0.4) is 0 Å². The summed E-state index contributed by atoms with van der Waals surface area (Å²) >= 11 is 0. The van der Waals surface area contributed by atoms with Gasteiger partial charge in [-0.1, -0.05) is 6.92 Å². The molecule has 1 heterocycles. The Hall–Kier alpha value is -0.860. The lowest BCUT2D eigenvalue weighted by Gasteiger charge is -2.24. The van der Waals surface area contributed by atoms with E-state index in [1.54, 1.807) is 7.05 Å². The van der Waals surface area contributed by atoms with Crippen molar-refractivity contribution in [2.45, 2.75) is 26.7 Å². The van der Waals surface area contributed by atoms with Gasteiger partial charge >= 0.3 is 0 Å². The molecule has 62 valence electrons. The van der Waals surface area contributed by atoms with Gasteiger partial charge in [0.15, 0.2) is 0 Å². The minimum absolute atomic E-state index is 0.151. The zero-order chi connectivity index (χ0) is 8.43. The summed E-state index contributed by atoms with van der Waals surface area (Å²) < 4.78 is 0. The topological polar surface area (TPSA) is 32.7 Å². The molecule has 3 heteroatoms. The quantitative estimate of drug-likeness (QED) is 0.559. The van der Waals surface area contributed by atoms with E-state index in [1.165, 1.54) is 5.01 Å². The largest absolute Gasteiger partial charge is 0.273 e. The van der Waals surface area contributed by atoms with E-state index in [-0.39, 0.29) is 11.8 Å². The number of hydrogen-bond acceptors (Lipinski definition) is 2. The third-order valence-electron chi connectivity index (χ3n) is 2.02. The van der Waals surface area contributed by atoms with E-state index in [4.69, 9.17) is 0 Å². The number of rotatable bonds is 1. The molecule has 1 unspecified atom stereocenters. The molecule has 0 bridgehead atoms. The first kappa shape index (κ1) is 8.24. The van der Waals surface area contributed by atoms with Crippen molar-refractivity contribution in [3.63, 3.8) is 0 Å². The van der Waals surface area contributed by atoms with Crippen LogP contribution in [-0.4, -0.2) is 23.7 Å². The van der Waals surface area contributed by atoms with E-state index in [0.29, 0.717) is 0 Å². The second-order valence-electron chi connectivity index (χ2n) is 3.01. The number of hydrazone groups is 1. The van der Waals surface area contributed by atoms with Crippen molar-refractivity contribution >= 4 is 11.6 Å². The lowest BCUT2D eigenvalue weighted by Crippen LogP contribution is -2.34. The van der Waals surface area contributed by atoms with Gasteiger partial charge in [-0.05, 0) is 19.8 Å². The molecule has 1 amide bonds. The van der Waals surface area contributed by atoms with Gasteiger partial charge in [-0.25, -0.2) is 5.01 Å². The molecule has 1 aliphatic heterocycles. The van der Waals surface area contributed by atoms with Crippen LogP contribution in [0.4, 0.5) is 0 Å². The number of carbonyl (C=O) groups excluding carboxylic acids is 1. The van der Waals surface area contributed by atoms with E-state index >= 15 is 0 Å². The van der Waals surface area contributed by atoms with Gasteiger partial charge in [0.05, 0.1) is 0 Å². The van der Waals surface area contributed by atoms with Crippen LogP contribution in [0.25, 0.3) is 0 Å². The van der Waals surface area contributed by atoms with Crippen molar-refractivity contribution < 1.29 is 4.79 Å². The van der Waals surface area contributed by atoms with E-state index in [9.17, 15) is 4.79 Å². The minimum atomic E-state index is 0.151. The highest BCUT2D eigenvalue weighted by molar-refractivity contribution is 5.92. The monoisotopic (exact) mass is 154 g/mol. The van der Waals surface area contributed by atoms with Crippen LogP contribution in [0.5, 0.6) is 0 Å². The average Bonchev–Trinajstić information content (AvgIpc) is 1.96. The van der Waals surface area contributed by atoms with E-state index in [1.807, 2.05) is 13.8 Å². The van der Waals surface area contributed by atoms with Gasteiger partial charge in [0.1, 0.15) is 0 Å². The summed E-state index contributed by atoms with van der Waals surface area (Å²) in [6.45, 7) is 4.00. The smallest absolute Gasteiger partial charge is 0.245 e. The lowest BCUT2D eigenvalue weighted by atomic mass is 9.97. The maximum absolute atomic E-state index is 11.3. The first-order valence-electron chi connectivity index (χ1n) is 3.96. The summed E-state index contributed by atoms with van der Waals surface area (Å²) in [5.74, 6) is 0.315. The zero-order valence-electron chi connectivity index (χ0n) is 7.29. The van der Waals surface area contributed by atoms with Crippen molar-refractivity contribution in [1.29, 1.82) is 0 Å². The standard InChI is InChI=1S/C8H14N2O/c1-4-7-5-6(2)9-10(3)8(7)11/h7H,4-5H2,1-3H3. The molecule has 0 aliphatic carbocycles. The average molecular weight is 154 g/mol. The van der Waals surface area contributed by atoms with Crippen molar-refractivity contribution in [2.75, 3.05) is 7.05 Å². The molecular formula is C8H14N2O. The molecule has 0 saturated heterocycles. The predicted molar refractivity (Wildman–Crippen MR) is 44.3 cm³/mol. The summed E-state index contributed by atoms with van der Waals surface area (Å²) in [6.07, 6.45) is 1.75. The van der Waals surface area contributed by atoms with Crippen LogP contribution in [0.1, 0.15) is 26.7 Å². The molecule has 1 rings (SSSR count). The minimum Gasteiger partial charge on any atom is -0.273 e. The summed E-state index contributed by atoms with van der Waals surface area (Å²) in [5.41, 5.74) is 1.05. The molecule has 1 aliphatic rings. The van der Waals surface area contributed by atoms with Crippen LogP contribution in [-0.2, 0) is 4.79 Å². The highest BCUT2D eigenvalue weighted by Crippen LogP contribution is 2.17. The molecule has 11 heavy (non-hydrogen) atoms. The molecule has 0 fully saturated rings. The van der Waals surface area contributed by atoms with Crippen molar-refractivity contribution in [2.24, 2.45) is 11.0 Å². The Bertz CT molecular complexity index is 198. The molecular weight excluding hydrogens is 140 g/mol. The van der Waals surface area contributed by atoms with Gasteiger partial charge in [-0.15, -0.1) is 0 Å². The highest BCUT2D eigenvalue weighted by atomic mass is 16.2. The van der Waals surface area contributed by atoms with E-state index in [0.717, 1.165) is 18.6 Å². The van der Waals surface area contributed by atoms with Crippen LogP contribution in [0, 0.1) is 5.92 Å². The maximum Gasteiger partial charge on any atom is 0.245 e. The maximum atomic E-state index is 11.3. The Labute approximate surface area is 67.1 Å². The van der Waals surface area contributed by atoms with Gasteiger partial charge in [0.25, 0.3) is 0 Å². The summed E-state index contributed by atoms with van der Waals surface area (Å²) in [4.78, 5) is 11.3. The normalized spacial score (nSPS) is 25.4. The van der Waals surface area contributed by atoms with Gasteiger partial charge < -0.3 is 0 Å². The molecule has 0 N–H and O–H groups in total. The Morgan fingerprint density at radius 2 is 2.36 bits per heavy atom. The second-order valence-corrected chi connectivity index (χ2v) is 3.01. The molecule has 0 radical (unpaired) electrons. The molecule has 1 atom stereocenters. The number of amides is 1. The van der Waals surface area contributed by atoms with Crippen molar-refractivity contribution in [1.82, 2.24) is 5.01 Å². The summed E-state index contributed by atoms with van der Waals surface area (Å²) in [5, 5.41) is 5.51. The molecule has 0 spiro atoms. The van der Waals surface area contributed by atoms with Crippen LogP contribution in [0.15, 0.2) is 5.10 Å². The predicted octanol–water partition coefficient (Wildman–Crippen LogP) is 1.25. The Kier molecular flexibility index (Phi) is 2.27. The summed E-state index contributed by atoms with van der Waals surface area (Å²) in [6, 6.07) is 0.